The van der Waals surface area contributed by atoms with Gasteiger partial charge in [0.15, 0.2) is 5.82 Å². The molecule has 0 saturated carbocycles. The summed E-state index contributed by atoms with van der Waals surface area (Å²) in [5.41, 5.74) is 3.17. The number of alkyl halides is 3. The number of likely N-dealkylation sites (tertiary alicyclic amines) is 1. The summed E-state index contributed by atoms with van der Waals surface area (Å²) < 4.78 is 81.0. The van der Waals surface area contributed by atoms with E-state index in [1.165, 1.54) is 40.6 Å². The van der Waals surface area contributed by atoms with E-state index in [0.29, 0.717) is 36.6 Å². The van der Waals surface area contributed by atoms with E-state index in [0.717, 1.165) is 11.1 Å². The fourth-order valence-corrected chi connectivity index (χ4v) is 5.85. The van der Waals surface area contributed by atoms with Gasteiger partial charge in [-0.1, -0.05) is 0 Å². The van der Waals surface area contributed by atoms with Crippen molar-refractivity contribution in [3.63, 3.8) is 0 Å². The third-order valence-electron chi connectivity index (χ3n) is 5.81. The average molecular weight is 533 g/mol. The van der Waals surface area contributed by atoms with Crippen LogP contribution in [0.5, 0.6) is 0 Å². The molecule has 1 atom stereocenters. The van der Waals surface area contributed by atoms with Crippen molar-refractivity contribution >= 4 is 32.9 Å². The molecule has 1 saturated heterocycles. The van der Waals surface area contributed by atoms with Crippen LogP contribution in [0.4, 0.5) is 29.1 Å². The fraction of sp³-hybridized carbons (Fsp3) is 0.429. The molecule has 1 fully saturated rings. The highest BCUT2D eigenvalue weighted by atomic mass is 32.2. The van der Waals surface area contributed by atoms with E-state index in [1.54, 1.807) is 13.0 Å². The van der Waals surface area contributed by atoms with Crippen LogP contribution in [0.25, 0.3) is 0 Å². The molecule has 3 aromatic rings. The second-order valence-corrected chi connectivity index (χ2v) is 10.8. The maximum absolute atomic E-state index is 14.9. The molecule has 2 aromatic heterocycles. The van der Waals surface area contributed by atoms with Gasteiger partial charge in [0.2, 0.25) is 0 Å². The van der Waals surface area contributed by atoms with Crippen LogP contribution in [0.15, 0.2) is 40.2 Å². The molecule has 0 spiro atoms. The number of hydrogen-bond acceptors (Lipinski definition) is 7. The summed E-state index contributed by atoms with van der Waals surface area (Å²) >= 11 is 1.21. The maximum atomic E-state index is 14.9. The van der Waals surface area contributed by atoms with Gasteiger partial charge in [-0.05, 0) is 37.1 Å². The van der Waals surface area contributed by atoms with E-state index in [9.17, 15) is 26.0 Å². The molecule has 3 heterocycles. The van der Waals surface area contributed by atoms with Crippen molar-refractivity contribution in [2.75, 3.05) is 29.8 Å². The van der Waals surface area contributed by atoms with Crippen LogP contribution in [0.2, 0.25) is 0 Å². The minimum Gasteiger partial charge on any atom is -0.370 e. The van der Waals surface area contributed by atoms with Crippen LogP contribution in [0.3, 0.4) is 0 Å². The van der Waals surface area contributed by atoms with E-state index in [2.05, 4.69) is 19.7 Å². The second kappa shape index (κ2) is 9.74. The maximum Gasteiger partial charge on any atom is 0.408 e. The Hall–Kier alpha value is -2.71. The highest BCUT2D eigenvalue weighted by Gasteiger charge is 2.30. The van der Waals surface area contributed by atoms with Crippen molar-refractivity contribution in [1.29, 1.82) is 0 Å². The van der Waals surface area contributed by atoms with E-state index in [1.807, 2.05) is 11.9 Å². The Labute approximate surface area is 204 Å². The number of hydrogen-bond donors (Lipinski definition) is 1. The number of likely N-dealkylation sites (N-methyl/N-ethyl adjacent to an activating group) is 1. The fourth-order valence-electron chi connectivity index (χ4n) is 4.14. The summed E-state index contributed by atoms with van der Waals surface area (Å²) in [5.74, 6) is -0.743. The Balaban J connectivity index is 1.42. The molecule has 1 aliphatic heterocycles. The third-order valence-corrected chi connectivity index (χ3v) is 7.77. The normalized spacial score (nSPS) is 17.1. The zero-order valence-corrected chi connectivity index (χ0v) is 20.6. The number of anilines is 2. The lowest BCUT2D eigenvalue weighted by Gasteiger charge is -2.29. The lowest BCUT2D eigenvalue weighted by atomic mass is 10.1. The largest absolute Gasteiger partial charge is 0.408 e. The Kier molecular flexibility index (Phi) is 7.06. The van der Waals surface area contributed by atoms with Crippen molar-refractivity contribution in [2.45, 2.75) is 43.5 Å². The first-order valence-electron chi connectivity index (χ1n) is 10.7. The van der Waals surface area contributed by atoms with Crippen LogP contribution >= 0.6 is 11.3 Å². The van der Waals surface area contributed by atoms with Gasteiger partial charge >= 0.3 is 6.18 Å². The molecule has 1 N–H and O–H groups in total. The predicted octanol–water partition coefficient (Wildman–Crippen LogP) is 3.86. The first kappa shape index (κ1) is 25.4. The number of nitrogens with zero attached hydrogens (tertiary/aromatic N) is 5. The Morgan fingerprint density at radius 2 is 2.09 bits per heavy atom. The van der Waals surface area contributed by atoms with Crippen molar-refractivity contribution in [3.8, 4) is 0 Å². The molecule has 0 radical (unpaired) electrons. The highest BCUT2D eigenvalue weighted by molar-refractivity contribution is 7.92. The number of rotatable bonds is 8. The summed E-state index contributed by atoms with van der Waals surface area (Å²) in [7, 11) is -2.32. The molecule has 4 rings (SSSR count). The monoisotopic (exact) mass is 532 g/mol. The van der Waals surface area contributed by atoms with Gasteiger partial charge in [0.05, 0.1) is 11.2 Å². The summed E-state index contributed by atoms with van der Waals surface area (Å²) in [6.45, 7) is 2.30. The minimum absolute atomic E-state index is 0.0148. The van der Waals surface area contributed by atoms with E-state index >= 15 is 0 Å². The smallest absolute Gasteiger partial charge is 0.370 e. The van der Waals surface area contributed by atoms with Crippen molar-refractivity contribution < 1.29 is 26.0 Å². The topological polar surface area (TPSA) is 83.4 Å². The van der Waals surface area contributed by atoms with E-state index in [4.69, 9.17) is 0 Å². The highest BCUT2D eigenvalue weighted by Crippen LogP contribution is 2.30. The van der Waals surface area contributed by atoms with Gasteiger partial charge in [0, 0.05) is 50.0 Å². The Morgan fingerprint density at radius 1 is 1.31 bits per heavy atom. The van der Waals surface area contributed by atoms with Gasteiger partial charge in [0.1, 0.15) is 17.3 Å². The summed E-state index contributed by atoms with van der Waals surface area (Å²) in [6.07, 6.45) is -2.26. The van der Waals surface area contributed by atoms with Crippen LogP contribution < -0.4 is 9.62 Å². The third kappa shape index (κ3) is 6.11. The molecule has 14 heteroatoms. The molecule has 35 heavy (non-hydrogen) atoms. The lowest BCUT2D eigenvalue weighted by Crippen LogP contribution is -2.35. The molecule has 0 aliphatic carbocycles. The molecule has 8 nitrogen and oxygen atoms in total. The van der Waals surface area contributed by atoms with Crippen LogP contribution in [-0.2, 0) is 23.1 Å². The zero-order valence-electron chi connectivity index (χ0n) is 19.0. The van der Waals surface area contributed by atoms with E-state index < -0.39 is 33.5 Å². The van der Waals surface area contributed by atoms with E-state index in [-0.39, 0.29) is 11.9 Å². The number of aromatic nitrogens is 3. The number of nitrogens with one attached hydrogen (secondary N) is 1. The number of sulfonamides is 1. The molecule has 1 aliphatic rings. The van der Waals surface area contributed by atoms with Gasteiger partial charge in [-0.2, -0.15) is 18.3 Å². The molecular weight excluding hydrogens is 508 g/mol. The van der Waals surface area contributed by atoms with Gasteiger partial charge in [0.25, 0.3) is 10.0 Å². The predicted molar refractivity (Wildman–Crippen MR) is 124 cm³/mol. The molecule has 1 aromatic carbocycles. The van der Waals surface area contributed by atoms with Crippen LogP contribution in [0, 0.1) is 12.7 Å². The zero-order chi connectivity index (χ0) is 25.4. The standard InChI is InChI=1S/C21H24F4N6O2S2/c1-14-7-19(35(32,33)28-20-11-34-13-26-20)17(22)8-18(14)29(2)16-4-5-30(10-16)9-15-3-6-31(27-15)12-21(23,24)25/h3,6-8,11,13,16,28H,4-5,9-10,12H2,1-2H3. The minimum atomic E-state index is -4.33. The number of aryl methyl sites for hydroxylation is 1. The van der Waals surface area contributed by atoms with Crippen molar-refractivity contribution in [3.05, 3.63) is 52.4 Å². The van der Waals surface area contributed by atoms with Gasteiger partial charge in [-0.25, -0.2) is 17.8 Å². The van der Waals surface area contributed by atoms with Crippen molar-refractivity contribution in [2.24, 2.45) is 0 Å². The molecule has 1 unspecified atom stereocenters. The molecule has 0 bridgehead atoms. The molecular formula is C21H24F4N6O2S2. The number of halogens is 4. The number of benzene rings is 1. The molecule has 190 valence electrons. The quantitative estimate of drug-likeness (QED) is 0.444. The van der Waals surface area contributed by atoms with Gasteiger partial charge < -0.3 is 4.90 Å². The average Bonchev–Trinajstić information content (AvgIpc) is 3.51. The SMILES string of the molecule is Cc1cc(S(=O)(=O)Nc2cscn2)c(F)cc1N(C)C1CCN(Cc2ccn(CC(F)(F)F)n2)C1. The second-order valence-electron chi connectivity index (χ2n) is 8.46. The summed E-state index contributed by atoms with van der Waals surface area (Å²) in [6, 6.07) is 4.10. The van der Waals surface area contributed by atoms with Gasteiger partial charge in [-0.15, -0.1) is 11.3 Å². The summed E-state index contributed by atoms with van der Waals surface area (Å²) in [5, 5.41) is 5.51. The van der Waals surface area contributed by atoms with Gasteiger partial charge in [-0.3, -0.25) is 14.3 Å². The summed E-state index contributed by atoms with van der Waals surface area (Å²) in [4.78, 5) is 7.39. The Morgan fingerprint density at radius 3 is 2.77 bits per heavy atom. The van der Waals surface area contributed by atoms with Crippen LogP contribution in [-0.4, -0.2) is 60.4 Å². The first-order chi connectivity index (χ1) is 16.4. The van der Waals surface area contributed by atoms with Crippen LogP contribution in [0.1, 0.15) is 17.7 Å². The number of thiazole rings is 1. The molecule has 0 amide bonds. The lowest BCUT2D eigenvalue weighted by molar-refractivity contribution is -0.142. The first-order valence-corrected chi connectivity index (χ1v) is 13.1. The van der Waals surface area contributed by atoms with Crippen molar-refractivity contribution in [1.82, 2.24) is 19.7 Å². The Bertz CT molecular complexity index is 1280.